The summed E-state index contributed by atoms with van der Waals surface area (Å²) in [6.45, 7) is 5.42. The highest BCUT2D eigenvalue weighted by atomic mass is 16.5. The SMILES string of the molecule is C[C@@H]1[C@@H](C(C)(C)O)[C@H](CCO)O[C@@]12C(=O)N(C)c1ccccc12. The topological polar surface area (TPSA) is 70.0 Å². The molecule has 5 heteroatoms. The summed E-state index contributed by atoms with van der Waals surface area (Å²) in [4.78, 5) is 14.7. The van der Waals surface area contributed by atoms with Crippen LogP contribution in [0, 0.1) is 11.8 Å². The van der Waals surface area contributed by atoms with E-state index in [1.54, 1.807) is 25.8 Å². The van der Waals surface area contributed by atoms with Gasteiger partial charge in [-0.25, -0.2) is 0 Å². The van der Waals surface area contributed by atoms with Crippen molar-refractivity contribution >= 4 is 11.6 Å². The number of hydrogen-bond donors (Lipinski definition) is 2. The van der Waals surface area contributed by atoms with Gasteiger partial charge in [0.2, 0.25) is 0 Å². The van der Waals surface area contributed by atoms with Gasteiger partial charge in [-0.15, -0.1) is 0 Å². The summed E-state index contributed by atoms with van der Waals surface area (Å²) in [6, 6.07) is 7.65. The van der Waals surface area contributed by atoms with Crippen LogP contribution < -0.4 is 4.90 Å². The van der Waals surface area contributed by atoms with Crippen molar-refractivity contribution in [3.8, 4) is 0 Å². The number of aliphatic hydroxyl groups is 2. The molecule has 0 aromatic heterocycles. The van der Waals surface area contributed by atoms with Crippen molar-refractivity contribution in [3.05, 3.63) is 29.8 Å². The molecule has 4 atom stereocenters. The summed E-state index contributed by atoms with van der Waals surface area (Å²) in [6.07, 6.45) is 0.0402. The molecule has 1 amide bonds. The quantitative estimate of drug-likeness (QED) is 0.889. The zero-order valence-corrected chi connectivity index (χ0v) is 14.1. The Labute approximate surface area is 136 Å². The Morgan fingerprint density at radius 1 is 1.35 bits per heavy atom. The van der Waals surface area contributed by atoms with E-state index in [1.165, 1.54) is 0 Å². The fourth-order valence-electron chi connectivity index (χ4n) is 4.53. The second kappa shape index (κ2) is 5.30. The molecule has 1 fully saturated rings. The molecule has 1 spiro atoms. The van der Waals surface area contributed by atoms with Crippen LogP contribution in [0.4, 0.5) is 5.69 Å². The second-order valence-electron chi connectivity index (χ2n) is 7.25. The lowest BCUT2D eigenvalue weighted by Crippen LogP contribution is -2.45. The molecule has 0 radical (unpaired) electrons. The molecule has 0 bridgehead atoms. The summed E-state index contributed by atoms with van der Waals surface area (Å²) >= 11 is 0. The van der Waals surface area contributed by atoms with E-state index in [9.17, 15) is 15.0 Å². The highest BCUT2D eigenvalue weighted by Crippen LogP contribution is 2.57. The zero-order chi connectivity index (χ0) is 17.0. The lowest BCUT2D eigenvalue weighted by molar-refractivity contribution is -0.146. The first-order chi connectivity index (χ1) is 10.7. The maximum Gasteiger partial charge on any atom is 0.264 e. The van der Waals surface area contributed by atoms with E-state index in [1.807, 2.05) is 31.2 Å². The Hall–Kier alpha value is -1.43. The maximum atomic E-state index is 13.1. The molecule has 0 saturated carbocycles. The van der Waals surface area contributed by atoms with Gasteiger partial charge in [0, 0.05) is 31.1 Å². The standard InChI is InChI=1S/C18H25NO4/c1-11-15(17(2,3)22)14(9-10-20)23-18(11)12-7-5-6-8-13(12)19(4)16(18)21/h5-8,11,14-15,20,22H,9-10H2,1-4H3/t11-,14+,15-,18+/m1/s1. The Balaban J connectivity index is 2.14. The highest BCUT2D eigenvalue weighted by Gasteiger charge is 2.65. The van der Waals surface area contributed by atoms with Gasteiger partial charge in [-0.05, 0) is 26.3 Å². The number of nitrogens with zero attached hydrogens (tertiary/aromatic N) is 1. The van der Waals surface area contributed by atoms with Crippen molar-refractivity contribution in [1.29, 1.82) is 0 Å². The van der Waals surface area contributed by atoms with Gasteiger partial charge in [0.1, 0.15) is 0 Å². The second-order valence-corrected chi connectivity index (χ2v) is 7.25. The van der Waals surface area contributed by atoms with Gasteiger partial charge in [-0.1, -0.05) is 25.1 Å². The van der Waals surface area contributed by atoms with Gasteiger partial charge in [-0.3, -0.25) is 4.79 Å². The van der Waals surface area contributed by atoms with Crippen LogP contribution in [0.3, 0.4) is 0 Å². The monoisotopic (exact) mass is 319 g/mol. The molecule has 0 unspecified atom stereocenters. The first kappa shape index (κ1) is 16.4. The van der Waals surface area contributed by atoms with Crippen molar-refractivity contribution in [2.75, 3.05) is 18.6 Å². The molecule has 2 N–H and O–H groups in total. The molecule has 1 aromatic rings. The van der Waals surface area contributed by atoms with Crippen molar-refractivity contribution in [2.24, 2.45) is 11.8 Å². The van der Waals surface area contributed by atoms with Crippen LogP contribution in [0.15, 0.2) is 24.3 Å². The predicted molar refractivity (Wildman–Crippen MR) is 87.1 cm³/mol. The molecular formula is C18H25NO4. The smallest absolute Gasteiger partial charge is 0.264 e. The molecule has 126 valence electrons. The molecule has 2 aliphatic rings. The molecule has 23 heavy (non-hydrogen) atoms. The van der Waals surface area contributed by atoms with Crippen molar-refractivity contribution < 1.29 is 19.7 Å². The van der Waals surface area contributed by atoms with E-state index in [0.29, 0.717) is 6.42 Å². The number of anilines is 1. The van der Waals surface area contributed by atoms with E-state index in [0.717, 1.165) is 11.3 Å². The predicted octanol–water partition coefficient (Wildman–Crippen LogP) is 1.66. The first-order valence-electron chi connectivity index (χ1n) is 8.14. The fourth-order valence-corrected chi connectivity index (χ4v) is 4.53. The molecule has 3 rings (SSSR count). The minimum atomic E-state index is -1.07. The molecular weight excluding hydrogens is 294 g/mol. The first-order valence-corrected chi connectivity index (χ1v) is 8.14. The van der Waals surface area contributed by atoms with Gasteiger partial charge >= 0.3 is 0 Å². The Morgan fingerprint density at radius 2 is 2.00 bits per heavy atom. The van der Waals surface area contributed by atoms with Crippen molar-refractivity contribution in [1.82, 2.24) is 0 Å². The van der Waals surface area contributed by atoms with Crippen LogP contribution in [-0.2, 0) is 15.1 Å². The molecule has 5 nitrogen and oxygen atoms in total. The van der Waals surface area contributed by atoms with Crippen LogP contribution in [0.5, 0.6) is 0 Å². The summed E-state index contributed by atoms with van der Waals surface area (Å²) in [7, 11) is 1.75. The zero-order valence-electron chi connectivity index (χ0n) is 14.1. The van der Waals surface area contributed by atoms with Crippen LogP contribution >= 0.6 is 0 Å². The number of para-hydroxylation sites is 1. The van der Waals surface area contributed by atoms with Gasteiger partial charge in [0.15, 0.2) is 5.60 Å². The number of hydrogen-bond acceptors (Lipinski definition) is 4. The number of benzene rings is 1. The number of aliphatic hydroxyl groups excluding tert-OH is 1. The lowest BCUT2D eigenvalue weighted by Gasteiger charge is -2.33. The largest absolute Gasteiger partial charge is 0.396 e. The fraction of sp³-hybridized carbons (Fsp3) is 0.611. The molecule has 2 aliphatic heterocycles. The molecule has 1 saturated heterocycles. The summed E-state index contributed by atoms with van der Waals surface area (Å²) in [5.41, 5.74) is -0.368. The third-order valence-corrected chi connectivity index (χ3v) is 5.43. The number of fused-ring (bicyclic) bond motifs is 2. The summed E-state index contributed by atoms with van der Waals surface area (Å²) < 4.78 is 6.30. The van der Waals surface area contributed by atoms with E-state index in [4.69, 9.17) is 4.74 Å². The number of amides is 1. The highest BCUT2D eigenvalue weighted by molar-refractivity contribution is 6.07. The minimum Gasteiger partial charge on any atom is -0.396 e. The van der Waals surface area contributed by atoms with Crippen molar-refractivity contribution in [3.63, 3.8) is 0 Å². The van der Waals surface area contributed by atoms with Crippen molar-refractivity contribution in [2.45, 2.75) is 44.5 Å². The van der Waals surface area contributed by atoms with Crippen LogP contribution in [0.2, 0.25) is 0 Å². The van der Waals surface area contributed by atoms with Gasteiger partial charge < -0.3 is 19.8 Å². The third-order valence-electron chi connectivity index (χ3n) is 5.43. The van der Waals surface area contributed by atoms with Gasteiger partial charge in [-0.2, -0.15) is 0 Å². The lowest BCUT2D eigenvalue weighted by atomic mass is 9.71. The normalized spacial score (nSPS) is 33.6. The Kier molecular flexibility index (Phi) is 3.78. The Morgan fingerprint density at radius 3 is 2.61 bits per heavy atom. The molecule has 2 heterocycles. The van der Waals surface area contributed by atoms with Crippen LogP contribution in [-0.4, -0.2) is 41.5 Å². The van der Waals surface area contributed by atoms with Crippen LogP contribution in [0.1, 0.15) is 32.8 Å². The molecule has 1 aromatic carbocycles. The van der Waals surface area contributed by atoms with Gasteiger partial charge in [0.05, 0.1) is 17.4 Å². The summed E-state index contributed by atoms with van der Waals surface area (Å²) in [5.74, 6) is -0.531. The number of rotatable bonds is 3. The van der Waals surface area contributed by atoms with Gasteiger partial charge in [0.25, 0.3) is 5.91 Å². The summed E-state index contributed by atoms with van der Waals surface area (Å²) in [5, 5.41) is 20.0. The maximum absolute atomic E-state index is 13.1. The Bertz CT molecular complexity index is 624. The van der Waals surface area contributed by atoms with E-state index in [2.05, 4.69) is 0 Å². The number of carbonyl (C=O) groups is 1. The number of ether oxygens (including phenoxy) is 1. The van der Waals surface area contributed by atoms with E-state index >= 15 is 0 Å². The minimum absolute atomic E-state index is 0.0360. The average Bonchev–Trinajstić information content (AvgIpc) is 2.89. The number of likely N-dealkylation sites (N-methyl/N-ethyl adjacent to an activating group) is 1. The van der Waals surface area contributed by atoms with E-state index < -0.39 is 11.2 Å². The van der Waals surface area contributed by atoms with E-state index in [-0.39, 0.29) is 30.5 Å². The third kappa shape index (κ3) is 2.14. The number of carbonyl (C=O) groups excluding carboxylic acids is 1. The average molecular weight is 319 g/mol. The molecule has 0 aliphatic carbocycles. The van der Waals surface area contributed by atoms with Crippen LogP contribution in [0.25, 0.3) is 0 Å².